The highest BCUT2D eigenvalue weighted by Crippen LogP contribution is 2.39. The number of anilines is 1. The Hall–Kier alpha value is -4.44. The molecule has 0 saturated carbocycles. The van der Waals surface area contributed by atoms with Crippen LogP contribution in [0.5, 0.6) is 5.75 Å². The molecule has 10 heteroatoms. The number of ether oxygens (including phenoxy) is 2. The van der Waals surface area contributed by atoms with Crippen LogP contribution in [0.3, 0.4) is 0 Å². The molecule has 2 aromatic carbocycles. The number of nitrogens with zero attached hydrogens (tertiary/aromatic N) is 3. The van der Waals surface area contributed by atoms with Gasteiger partial charge in [-0.05, 0) is 34.9 Å². The van der Waals surface area contributed by atoms with E-state index in [0.717, 1.165) is 16.7 Å². The topological polar surface area (TPSA) is 108 Å². The van der Waals surface area contributed by atoms with Crippen LogP contribution in [0.1, 0.15) is 22.8 Å². The number of hydrogen-bond acceptors (Lipinski definition) is 6. The summed E-state index contributed by atoms with van der Waals surface area (Å²) in [4.78, 5) is 54.9. The third-order valence-corrected chi connectivity index (χ3v) is 6.57. The predicted molar refractivity (Wildman–Crippen MR) is 141 cm³/mol. The summed E-state index contributed by atoms with van der Waals surface area (Å²) in [5, 5.41) is 2.45. The van der Waals surface area contributed by atoms with Crippen LogP contribution in [0.4, 0.5) is 5.69 Å². The molecule has 0 unspecified atom stereocenters. The molecule has 198 valence electrons. The fraction of sp³-hybridized carbons (Fsp3) is 0.286. The molecule has 38 heavy (non-hydrogen) atoms. The Morgan fingerprint density at radius 2 is 1.87 bits per heavy atom. The highest BCUT2D eigenvalue weighted by atomic mass is 16.5. The van der Waals surface area contributed by atoms with Gasteiger partial charge in [0, 0.05) is 33.2 Å². The summed E-state index contributed by atoms with van der Waals surface area (Å²) < 4.78 is 10.8. The molecule has 2 aliphatic rings. The number of amides is 4. The second kappa shape index (κ2) is 10.9. The normalized spacial score (nSPS) is 13.8. The van der Waals surface area contributed by atoms with Gasteiger partial charge in [0.25, 0.3) is 17.7 Å². The second-order valence-electron chi connectivity index (χ2n) is 9.02. The largest absolute Gasteiger partial charge is 0.490 e. The first kappa shape index (κ1) is 26.6. The van der Waals surface area contributed by atoms with Crippen molar-refractivity contribution in [3.63, 3.8) is 0 Å². The maximum atomic E-state index is 13.2. The molecule has 0 aromatic heterocycles. The van der Waals surface area contributed by atoms with Gasteiger partial charge in [0.15, 0.2) is 0 Å². The van der Waals surface area contributed by atoms with E-state index in [-0.39, 0.29) is 29.8 Å². The molecule has 4 rings (SSSR count). The average molecular weight is 519 g/mol. The zero-order valence-electron chi connectivity index (χ0n) is 21.7. The summed E-state index contributed by atoms with van der Waals surface area (Å²) in [5.41, 5.74) is 3.27. The maximum absolute atomic E-state index is 13.2. The molecule has 0 saturated heterocycles. The van der Waals surface area contributed by atoms with E-state index in [2.05, 4.69) is 18.5 Å². The van der Waals surface area contributed by atoms with Crippen molar-refractivity contribution < 1.29 is 28.7 Å². The number of likely N-dealkylation sites (N-methyl/N-ethyl adjacent to an activating group) is 1. The van der Waals surface area contributed by atoms with Gasteiger partial charge in [0.2, 0.25) is 5.91 Å². The van der Waals surface area contributed by atoms with Crippen LogP contribution in [-0.4, -0.2) is 73.9 Å². The van der Waals surface area contributed by atoms with Crippen molar-refractivity contribution in [1.82, 2.24) is 15.1 Å². The number of benzene rings is 2. The molecule has 2 heterocycles. The molecular weight excluding hydrogens is 488 g/mol. The Bertz CT molecular complexity index is 1350. The summed E-state index contributed by atoms with van der Waals surface area (Å²) in [6.07, 6.45) is 0. The van der Waals surface area contributed by atoms with Crippen molar-refractivity contribution in [1.29, 1.82) is 0 Å². The number of methoxy groups -OCH3 is 1. The Balaban J connectivity index is 1.52. The molecule has 1 N–H and O–H groups in total. The standard InChI is InChI=1S/C28H30N4O6/c1-17(27(35)30(4)11-13-37-5)29-26(34)18(2)32-16-23-21(7-6-8-22(23)28(32)36)20-9-10-24-25(15-20)38-14-12-31(24)19(3)33/h6-10,15H,1-2,11-14,16H2,3-5H3,(H,29,34). The van der Waals surface area contributed by atoms with Gasteiger partial charge >= 0.3 is 0 Å². The van der Waals surface area contributed by atoms with Crippen molar-refractivity contribution in [2.24, 2.45) is 0 Å². The quantitative estimate of drug-likeness (QED) is 0.538. The van der Waals surface area contributed by atoms with E-state index >= 15 is 0 Å². The molecule has 2 aliphatic heterocycles. The second-order valence-corrected chi connectivity index (χ2v) is 9.02. The first-order valence-electron chi connectivity index (χ1n) is 12.1. The van der Waals surface area contributed by atoms with E-state index in [1.54, 1.807) is 24.1 Å². The smallest absolute Gasteiger partial charge is 0.271 e. The first-order valence-corrected chi connectivity index (χ1v) is 12.1. The van der Waals surface area contributed by atoms with Gasteiger partial charge in [-0.3, -0.25) is 24.1 Å². The minimum absolute atomic E-state index is 0.0630. The summed E-state index contributed by atoms with van der Waals surface area (Å²) >= 11 is 0. The number of fused-ring (bicyclic) bond motifs is 2. The third-order valence-electron chi connectivity index (χ3n) is 6.57. The molecular formula is C28H30N4O6. The van der Waals surface area contributed by atoms with E-state index in [9.17, 15) is 19.2 Å². The lowest BCUT2D eigenvalue weighted by molar-refractivity contribution is -0.128. The predicted octanol–water partition coefficient (Wildman–Crippen LogP) is 2.30. The van der Waals surface area contributed by atoms with Crippen molar-refractivity contribution in [2.45, 2.75) is 13.5 Å². The Morgan fingerprint density at radius 3 is 2.58 bits per heavy atom. The van der Waals surface area contributed by atoms with E-state index in [4.69, 9.17) is 9.47 Å². The van der Waals surface area contributed by atoms with E-state index < -0.39 is 11.8 Å². The van der Waals surface area contributed by atoms with E-state index in [1.807, 2.05) is 24.3 Å². The zero-order valence-corrected chi connectivity index (χ0v) is 21.7. The Morgan fingerprint density at radius 1 is 1.13 bits per heavy atom. The number of carbonyl (C=O) groups is 4. The Labute approximate surface area is 221 Å². The van der Waals surface area contributed by atoms with Crippen LogP contribution in [0, 0.1) is 0 Å². The highest BCUT2D eigenvalue weighted by Gasteiger charge is 2.34. The fourth-order valence-electron chi connectivity index (χ4n) is 4.48. The van der Waals surface area contributed by atoms with E-state index in [1.165, 1.54) is 23.8 Å². The third kappa shape index (κ3) is 5.03. The zero-order chi connectivity index (χ0) is 27.6. The van der Waals surface area contributed by atoms with Gasteiger partial charge in [0.1, 0.15) is 18.1 Å². The molecule has 0 atom stereocenters. The van der Waals surface area contributed by atoms with Crippen LogP contribution >= 0.6 is 0 Å². The molecule has 0 aliphatic carbocycles. The number of nitrogens with one attached hydrogen (secondary N) is 1. The average Bonchev–Trinajstić information content (AvgIpc) is 3.26. The number of rotatable bonds is 8. The van der Waals surface area contributed by atoms with Gasteiger partial charge in [-0.25, -0.2) is 0 Å². The van der Waals surface area contributed by atoms with Crippen LogP contribution in [0.25, 0.3) is 11.1 Å². The van der Waals surface area contributed by atoms with Crippen LogP contribution in [-0.2, 0) is 25.7 Å². The highest BCUT2D eigenvalue weighted by molar-refractivity contribution is 6.08. The maximum Gasteiger partial charge on any atom is 0.271 e. The summed E-state index contributed by atoms with van der Waals surface area (Å²) in [5.74, 6) is -1.01. The molecule has 10 nitrogen and oxygen atoms in total. The SMILES string of the molecule is C=C(NC(=O)C(=C)N1Cc2c(cccc2-c2ccc3c(c2)OCCN3C(C)=O)C1=O)C(=O)N(C)CCOC. The van der Waals surface area contributed by atoms with Gasteiger partial charge in [0.05, 0.1) is 31.1 Å². The van der Waals surface area contributed by atoms with E-state index in [0.29, 0.717) is 43.3 Å². The van der Waals surface area contributed by atoms with Crippen molar-refractivity contribution >= 4 is 29.3 Å². The molecule has 4 amide bonds. The molecule has 0 fully saturated rings. The molecule has 2 aromatic rings. The minimum Gasteiger partial charge on any atom is -0.490 e. The van der Waals surface area contributed by atoms with Crippen molar-refractivity contribution in [2.75, 3.05) is 45.4 Å². The monoisotopic (exact) mass is 518 g/mol. The fourth-order valence-corrected chi connectivity index (χ4v) is 4.48. The minimum atomic E-state index is -0.697. The Kier molecular flexibility index (Phi) is 7.63. The summed E-state index contributed by atoms with van der Waals surface area (Å²) in [6.45, 7) is 10.6. The number of carbonyl (C=O) groups excluding carboxylic acids is 4. The first-order chi connectivity index (χ1) is 18.1. The summed E-state index contributed by atoms with van der Waals surface area (Å²) in [7, 11) is 3.09. The van der Waals surface area contributed by atoms with Gasteiger partial charge in [-0.2, -0.15) is 0 Å². The van der Waals surface area contributed by atoms with Gasteiger partial charge < -0.3 is 24.6 Å². The van der Waals surface area contributed by atoms with Crippen molar-refractivity contribution in [3.05, 3.63) is 72.1 Å². The van der Waals surface area contributed by atoms with Crippen LogP contribution < -0.4 is 15.0 Å². The lowest BCUT2D eigenvalue weighted by Crippen LogP contribution is -2.40. The lowest BCUT2D eigenvalue weighted by atomic mass is 9.96. The lowest BCUT2D eigenvalue weighted by Gasteiger charge is -2.29. The molecule has 0 bridgehead atoms. The van der Waals surface area contributed by atoms with Crippen LogP contribution in [0.2, 0.25) is 0 Å². The molecule has 0 spiro atoms. The van der Waals surface area contributed by atoms with Gasteiger partial charge in [-0.1, -0.05) is 31.4 Å². The van der Waals surface area contributed by atoms with Crippen LogP contribution in [0.15, 0.2) is 61.0 Å². The van der Waals surface area contributed by atoms with Gasteiger partial charge in [-0.15, -0.1) is 0 Å². The van der Waals surface area contributed by atoms with Crippen molar-refractivity contribution in [3.8, 4) is 16.9 Å². The molecule has 0 radical (unpaired) electrons. The summed E-state index contributed by atoms with van der Waals surface area (Å²) in [6, 6.07) is 10.9. The number of hydrogen-bond donors (Lipinski definition) is 1.